The molecular weight excluding hydrogens is 389 g/mol. The topological polar surface area (TPSA) is 55.4 Å². The minimum absolute atomic E-state index is 0.0816. The fourth-order valence-corrected chi connectivity index (χ4v) is 3.36. The van der Waals surface area contributed by atoms with Crippen molar-refractivity contribution in [1.29, 1.82) is 0 Å². The van der Waals surface area contributed by atoms with Gasteiger partial charge >= 0.3 is 0 Å². The van der Waals surface area contributed by atoms with Crippen LogP contribution in [0.3, 0.4) is 0 Å². The second-order valence-corrected chi connectivity index (χ2v) is 7.23. The van der Waals surface area contributed by atoms with Gasteiger partial charge in [0.05, 0.1) is 14.8 Å². The molecule has 0 aliphatic heterocycles. The standard InChI is InChI=1S/C20H15ClFNO3S/c1-12(24)18-7-8-19(27-18)20(25)23-15-5-6-17(16(21)10-15)26-11-13-3-2-4-14(22)9-13/h2-10H,11H2,1H3,(H,23,25). The molecule has 27 heavy (non-hydrogen) atoms. The van der Waals surface area contributed by atoms with Crippen molar-refractivity contribution in [2.75, 3.05) is 5.32 Å². The van der Waals surface area contributed by atoms with Gasteiger partial charge in [0.2, 0.25) is 0 Å². The number of halogens is 2. The van der Waals surface area contributed by atoms with Crippen LogP contribution < -0.4 is 10.1 Å². The predicted molar refractivity (Wildman–Crippen MR) is 104 cm³/mol. The average molecular weight is 404 g/mol. The lowest BCUT2D eigenvalue weighted by Crippen LogP contribution is -2.10. The summed E-state index contributed by atoms with van der Waals surface area (Å²) in [4.78, 5) is 24.6. The highest BCUT2D eigenvalue weighted by molar-refractivity contribution is 7.16. The Morgan fingerprint density at radius 2 is 1.89 bits per heavy atom. The summed E-state index contributed by atoms with van der Waals surface area (Å²) in [6.45, 7) is 1.63. The molecule has 0 saturated heterocycles. The predicted octanol–water partition coefficient (Wildman–Crippen LogP) is 5.57. The summed E-state index contributed by atoms with van der Waals surface area (Å²) in [5, 5.41) is 3.05. The fraction of sp³-hybridized carbons (Fsp3) is 0.100. The van der Waals surface area contributed by atoms with Crippen LogP contribution in [0.15, 0.2) is 54.6 Å². The van der Waals surface area contributed by atoms with E-state index in [-0.39, 0.29) is 24.1 Å². The van der Waals surface area contributed by atoms with Gasteiger partial charge < -0.3 is 10.1 Å². The molecule has 0 aliphatic rings. The van der Waals surface area contributed by atoms with Gasteiger partial charge in [-0.05, 0) is 55.0 Å². The summed E-state index contributed by atoms with van der Waals surface area (Å²) in [5.41, 5.74) is 1.18. The maximum atomic E-state index is 13.2. The van der Waals surface area contributed by atoms with Gasteiger partial charge in [-0.25, -0.2) is 4.39 Å². The summed E-state index contributed by atoms with van der Waals surface area (Å²) >= 11 is 7.34. The lowest BCUT2D eigenvalue weighted by Gasteiger charge is -2.10. The molecule has 0 saturated carbocycles. The minimum Gasteiger partial charge on any atom is -0.487 e. The number of carbonyl (C=O) groups is 2. The van der Waals surface area contributed by atoms with Gasteiger partial charge in [0, 0.05) is 5.69 Å². The first-order valence-corrected chi connectivity index (χ1v) is 9.21. The van der Waals surface area contributed by atoms with Gasteiger partial charge in [-0.3, -0.25) is 9.59 Å². The summed E-state index contributed by atoms with van der Waals surface area (Å²) in [7, 11) is 0. The molecule has 0 atom stereocenters. The van der Waals surface area contributed by atoms with E-state index < -0.39 is 0 Å². The molecule has 138 valence electrons. The Bertz CT molecular complexity index is 1000. The lowest BCUT2D eigenvalue weighted by atomic mass is 10.2. The first-order valence-electron chi connectivity index (χ1n) is 8.01. The zero-order valence-corrected chi connectivity index (χ0v) is 15.9. The van der Waals surface area contributed by atoms with E-state index in [9.17, 15) is 14.0 Å². The molecule has 0 aliphatic carbocycles. The van der Waals surface area contributed by atoms with Gasteiger partial charge in [0.1, 0.15) is 18.2 Å². The second-order valence-electron chi connectivity index (χ2n) is 5.74. The average Bonchev–Trinajstić information content (AvgIpc) is 3.12. The molecule has 1 aromatic heterocycles. The Balaban J connectivity index is 1.65. The third-order valence-corrected chi connectivity index (χ3v) is 5.13. The van der Waals surface area contributed by atoms with Crippen molar-refractivity contribution >= 4 is 40.3 Å². The van der Waals surface area contributed by atoms with Crippen molar-refractivity contribution in [3.05, 3.63) is 80.8 Å². The summed E-state index contributed by atoms with van der Waals surface area (Å²) in [5.74, 6) is -0.311. The highest BCUT2D eigenvalue weighted by Gasteiger charge is 2.12. The Morgan fingerprint density at radius 3 is 2.56 bits per heavy atom. The lowest BCUT2D eigenvalue weighted by molar-refractivity contribution is 0.101. The van der Waals surface area contributed by atoms with E-state index in [1.807, 2.05) is 0 Å². The number of carbonyl (C=O) groups excluding carboxylic acids is 2. The van der Waals surface area contributed by atoms with Crippen LogP contribution in [0.5, 0.6) is 5.75 Å². The molecule has 4 nitrogen and oxygen atoms in total. The number of Topliss-reactive ketones (excluding diaryl/α,β-unsaturated/α-hetero) is 1. The van der Waals surface area contributed by atoms with Gasteiger partial charge in [0.25, 0.3) is 5.91 Å². The van der Waals surface area contributed by atoms with Crippen molar-refractivity contribution in [3.63, 3.8) is 0 Å². The number of thiophene rings is 1. The highest BCUT2D eigenvalue weighted by Crippen LogP contribution is 2.29. The first kappa shape index (κ1) is 19.1. The van der Waals surface area contributed by atoms with Crippen molar-refractivity contribution in [1.82, 2.24) is 0 Å². The van der Waals surface area contributed by atoms with E-state index in [1.165, 1.54) is 19.1 Å². The number of hydrogen-bond donors (Lipinski definition) is 1. The molecule has 1 heterocycles. The Hall–Kier alpha value is -2.70. The molecule has 1 amide bonds. The Kier molecular flexibility index (Phi) is 5.88. The third-order valence-electron chi connectivity index (χ3n) is 3.65. The van der Waals surface area contributed by atoms with E-state index in [1.54, 1.807) is 42.5 Å². The summed E-state index contributed by atoms with van der Waals surface area (Å²) in [6, 6.07) is 14.2. The summed E-state index contributed by atoms with van der Waals surface area (Å²) < 4.78 is 18.8. The molecule has 2 aromatic carbocycles. The zero-order valence-electron chi connectivity index (χ0n) is 14.3. The number of anilines is 1. The second kappa shape index (κ2) is 8.33. The van der Waals surface area contributed by atoms with Gasteiger partial charge in [0.15, 0.2) is 5.78 Å². The van der Waals surface area contributed by atoms with E-state index in [0.29, 0.717) is 31.8 Å². The Morgan fingerprint density at radius 1 is 1.11 bits per heavy atom. The third kappa shape index (κ3) is 4.93. The number of rotatable bonds is 6. The van der Waals surface area contributed by atoms with Crippen LogP contribution in [-0.4, -0.2) is 11.7 Å². The maximum Gasteiger partial charge on any atom is 0.265 e. The van der Waals surface area contributed by atoms with Crippen molar-refractivity contribution in [3.8, 4) is 5.75 Å². The molecule has 0 radical (unpaired) electrons. The van der Waals surface area contributed by atoms with Crippen molar-refractivity contribution < 1.29 is 18.7 Å². The Labute approximate surface area is 164 Å². The van der Waals surface area contributed by atoms with Crippen molar-refractivity contribution in [2.24, 2.45) is 0 Å². The molecule has 3 rings (SSSR count). The van der Waals surface area contributed by atoms with Crippen LogP contribution in [0.25, 0.3) is 0 Å². The smallest absolute Gasteiger partial charge is 0.265 e. The molecule has 0 unspecified atom stereocenters. The largest absolute Gasteiger partial charge is 0.487 e. The van der Waals surface area contributed by atoms with Crippen LogP contribution >= 0.6 is 22.9 Å². The molecule has 0 fully saturated rings. The van der Waals surface area contributed by atoms with E-state index in [0.717, 1.165) is 11.3 Å². The van der Waals surface area contributed by atoms with Gasteiger partial charge in [-0.15, -0.1) is 11.3 Å². The van der Waals surface area contributed by atoms with Crippen LogP contribution in [-0.2, 0) is 6.61 Å². The number of amides is 1. The van der Waals surface area contributed by atoms with Crippen LogP contribution in [0, 0.1) is 5.82 Å². The molecule has 3 aromatic rings. The molecular formula is C20H15ClFNO3S. The molecule has 7 heteroatoms. The SMILES string of the molecule is CC(=O)c1ccc(C(=O)Nc2ccc(OCc3cccc(F)c3)c(Cl)c2)s1. The minimum atomic E-state index is -0.332. The van der Waals surface area contributed by atoms with Crippen LogP contribution in [0.2, 0.25) is 5.02 Å². The fourth-order valence-electron chi connectivity index (χ4n) is 2.33. The van der Waals surface area contributed by atoms with Crippen LogP contribution in [0.4, 0.5) is 10.1 Å². The van der Waals surface area contributed by atoms with Crippen LogP contribution in [0.1, 0.15) is 31.8 Å². The highest BCUT2D eigenvalue weighted by atomic mass is 35.5. The van der Waals surface area contributed by atoms with E-state index in [4.69, 9.17) is 16.3 Å². The number of ketones is 1. The number of hydrogen-bond acceptors (Lipinski definition) is 4. The number of benzene rings is 2. The quantitative estimate of drug-likeness (QED) is 0.547. The molecule has 0 bridgehead atoms. The summed E-state index contributed by atoms with van der Waals surface area (Å²) in [6.07, 6.45) is 0. The first-order chi connectivity index (χ1) is 12.9. The van der Waals surface area contributed by atoms with E-state index in [2.05, 4.69) is 5.32 Å². The molecule has 0 spiro atoms. The maximum absolute atomic E-state index is 13.2. The number of ether oxygens (including phenoxy) is 1. The normalized spacial score (nSPS) is 10.5. The monoisotopic (exact) mass is 403 g/mol. The van der Waals surface area contributed by atoms with Gasteiger partial charge in [-0.1, -0.05) is 23.7 Å². The zero-order chi connectivity index (χ0) is 19.4. The van der Waals surface area contributed by atoms with Crippen molar-refractivity contribution in [2.45, 2.75) is 13.5 Å². The molecule has 1 N–H and O–H groups in total. The number of nitrogens with one attached hydrogen (secondary N) is 1. The van der Waals surface area contributed by atoms with E-state index >= 15 is 0 Å². The van der Waals surface area contributed by atoms with Gasteiger partial charge in [-0.2, -0.15) is 0 Å².